The fourth-order valence-electron chi connectivity index (χ4n) is 21.2. The molecule has 8 nitrogen and oxygen atoms in total. The molecular weight excluding hydrogens is 819 g/mol. The van der Waals surface area contributed by atoms with Crippen LogP contribution >= 0.6 is 0 Å². The Bertz CT molecular complexity index is 2480. The third-order valence-corrected chi connectivity index (χ3v) is 23.1. The number of aliphatic hydroxyl groups excluding tert-OH is 1. The number of benzene rings is 1. The van der Waals surface area contributed by atoms with Crippen molar-refractivity contribution in [2.24, 2.45) is 81.2 Å². The van der Waals surface area contributed by atoms with Crippen molar-refractivity contribution in [3.8, 4) is 0 Å². The number of allylic oxidation sites excluding steroid dienone is 4. The molecule has 1 aromatic rings. The Balaban J connectivity index is 1.03. The molecule has 3 N–H and O–H groups in total. The van der Waals surface area contributed by atoms with Crippen molar-refractivity contribution in [2.75, 3.05) is 19.6 Å². The van der Waals surface area contributed by atoms with E-state index in [0.717, 1.165) is 49.8 Å². The molecule has 1 aromatic carbocycles. The minimum Gasteiger partial charge on any atom is -0.508 e. The number of esters is 2. The topological polar surface area (TPSA) is 105 Å². The van der Waals surface area contributed by atoms with Gasteiger partial charge in [-0.3, -0.25) is 9.69 Å². The van der Waals surface area contributed by atoms with Crippen molar-refractivity contribution in [1.82, 2.24) is 9.80 Å². The second-order valence-electron chi connectivity index (χ2n) is 25.4. The van der Waals surface area contributed by atoms with Crippen LogP contribution in [0.1, 0.15) is 157 Å². The van der Waals surface area contributed by atoms with Crippen LogP contribution in [0.3, 0.4) is 0 Å². The monoisotopic (exact) mass is 892 g/mol. The highest BCUT2D eigenvalue weighted by Crippen LogP contribution is 2.88. The van der Waals surface area contributed by atoms with Gasteiger partial charge in [0.25, 0.3) is 0 Å². The highest BCUT2D eigenvalue weighted by atomic mass is 16.6. The highest BCUT2D eigenvalue weighted by molar-refractivity contribution is 6.00. The van der Waals surface area contributed by atoms with Crippen LogP contribution in [0.5, 0.6) is 0 Å². The molecule has 7 aliphatic heterocycles. The molecule has 4 saturated heterocycles. The first-order valence-corrected chi connectivity index (χ1v) is 27.5. The largest absolute Gasteiger partial charge is 0.508 e. The smallest absolute Gasteiger partial charge is 0.339 e. The van der Waals surface area contributed by atoms with Gasteiger partial charge >= 0.3 is 11.9 Å². The first-order valence-electron chi connectivity index (χ1n) is 27.5. The van der Waals surface area contributed by atoms with Crippen LogP contribution in [-0.4, -0.2) is 64.6 Å². The maximum Gasteiger partial charge on any atom is 0.339 e. The summed E-state index contributed by atoms with van der Waals surface area (Å²) in [5.41, 5.74) is 12.2. The van der Waals surface area contributed by atoms with Gasteiger partial charge in [0.1, 0.15) is 11.2 Å². The summed E-state index contributed by atoms with van der Waals surface area (Å²) in [5.74, 6) is 3.41. The zero-order valence-corrected chi connectivity index (χ0v) is 39.7. The summed E-state index contributed by atoms with van der Waals surface area (Å²) in [6.07, 6.45) is 27.2. The molecule has 14 aliphatic rings. The Morgan fingerprint density at radius 3 is 2.61 bits per heavy atom. The fourth-order valence-corrected chi connectivity index (χ4v) is 21.2. The minimum atomic E-state index is -1.13. The van der Waals surface area contributed by atoms with Crippen molar-refractivity contribution in [3.63, 3.8) is 0 Å². The van der Waals surface area contributed by atoms with Gasteiger partial charge in [-0.05, 0) is 174 Å². The number of hydrogen-bond donors (Lipinski definition) is 2. The Labute approximate surface area is 392 Å². The van der Waals surface area contributed by atoms with E-state index in [-0.39, 0.29) is 41.7 Å². The van der Waals surface area contributed by atoms with Crippen LogP contribution in [0.2, 0.25) is 0 Å². The predicted molar refractivity (Wildman–Crippen MR) is 251 cm³/mol. The number of carbonyl (C=O) groups is 2. The highest BCUT2D eigenvalue weighted by Gasteiger charge is 2.94. The van der Waals surface area contributed by atoms with Gasteiger partial charge in [-0.1, -0.05) is 74.6 Å². The quantitative estimate of drug-likeness (QED) is 0.228. The molecule has 7 fully saturated rings. The van der Waals surface area contributed by atoms with E-state index in [0.29, 0.717) is 95.9 Å². The first-order chi connectivity index (χ1) is 32.1. The van der Waals surface area contributed by atoms with Gasteiger partial charge in [-0.2, -0.15) is 0 Å². The molecule has 16 unspecified atom stereocenters. The van der Waals surface area contributed by atoms with Crippen LogP contribution in [0.4, 0.5) is 0 Å². The predicted octanol–water partition coefficient (Wildman–Crippen LogP) is 10.4. The number of ether oxygens (including phenoxy) is 2. The maximum atomic E-state index is 16.3. The second-order valence-corrected chi connectivity index (χ2v) is 25.4. The lowest BCUT2D eigenvalue weighted by Crippen LogP contribution is -2.78. The van der Waals surface area contributed by atoms with Crippen molar-refractivity contribution in [2.45, 2.75) is 166 Å². The van der Waals surface area contributed by atoms with Gasteiger partial charge in [-0.15, -0.1) is 0 Å². The second kappa shape index (κ2) is 13.7. The molecule has 15 rings (SSSR count). The van der Waals surface area contributed by atoms with Gasteiger partial charge in [-0.25, -0.2) is 4.79 Å². The molecule has 350 valence electrons. The van der Waals surface area contributed by atoms with Crippen LogP contribution < -0.4 is 5.73 Å². The summed E-state index contributed by atoms with van der Waals surface area (Å²) < 4.78 is 14.5. The van der Waals surface area contributed by atoms with E-state index in [4.69, 9.17) is 15.2 Å². The third-order valence-electron chi connectivity index (χ3n) is 23.1. The van der Waals surface area contributed by atoms with E-state index in [1.54, 1.807) is 11.3 Å². The number of aliphatic hydroxyl groups is 1. The van der Waals surface area contributed by atoms with Gasteiger partial charge in [0, 0.05) is 60.2 Å². The third kappa shape index (κ3) is 4.64. The molecule has 0 aromatic heterocycles. The van der Waals surface area contributed by atoms with Gasteiger partial charge < -0.3 is 25.2 Å². The van der Waals surface area contributed by atoms with Crippen molar-refractivity contribution in [1.29, 1.82) is 0 Å². The van der Waals surface area contributed by atoms with E-state index in [1.165, 1.54) is 94.7 Å². The number of piperidine rings is 3. The van der Waals surface area contributed by atoms with Crippen molar-refractivity contribution >= 4 is 11.9 Å². The van der Waals surface area contributed by atoms with E-state index >= 15 is 9.59 Å². The minimum absolute atomic E-state index is 0.103. The molecule has 66 heavy (non-hydrogen) atoms. The SMILES string of the molecule is CC1C=CC2CC3C(C)CC4=C5C3C3=C2C26C(=O)OC(=C(O)C7CCC8C9CC(CN8C7C7CCCC8(CCCC8)C7)C(CC4)N5C9)C2(CC3)C2(OC(=O)c3c(CCCN)cccc32)C6C1. The zero-order valence-electron chi connectivity index (χ0n) is 39.7. The molecule has 3 saturated carbocycles. The fraction of sp³-hybridized carbons (Fsp3) is 0.724. The number of fused-ring (bicyclic) bond motifs is 8. The maximum absolute atomic E-state index is 16.3. The number of hydrogen-bond acceptors (Lipinski definition) is 8. The molecule has 0 radical (unpaired) electrons. The summed E-state index contributed by atoms with van der Waals surface area (Å²) >= 11 is 0. The van der Waals surface area contributed by atoms with Crippen LogP contribution in [0.15, 0.2) is 64.3 Å². The summed E-state index contributed by atoms with van der Waals surface area (Å²) in [6.45, 7) is 7.70. The number of carbonyl (C=O) groups excluding carboxylic acids is 2. The molecule has 16 atom stereocenters. The average molecular weight is 892 g/mol. The molecule has 4 spiro atoms. The molecular formula is C58H73N3O5. The zero-order chi connectivity index (χ0) is 44.2. The normalized spacial score (nSPS) is 47.4. The Morgan fingerprint density at radius 2 is 1.74 bits per heavy atom. The summed E-state index contributed by atoms with van der Waals surface area (Å²) in [7, 11) is 0. The molecule has 0 amide bonds. The van der Waals surface area contributed by atoms with Crippen LogP contribution in [0, 0.1) is 75.4 Å². The summed E-state index contributed by atoms with van der Waals surface area (Å²) in [6, 6.07) is 7.66. The Morgan fingerprint density at radius 1 is 0.894 bits per heavy atom. The lowest BCUT2D eigenvalue weighted by atomic mass is 9.27. The van der Waals surface area contributed by atoms with Gasteiger partial charge in [0.15, 0.2) is 11.4 Å². The number of nitrogens with two attached hydrogens (primary N) is 1. The van der Waals surface area contributed by atoms with Gasteiger partial charge in [0.05, 0.1) is 11.0 Å². The number of nitrogens with zero attached hydrogens (tertiary/aromatic N) is 2. The van der Waals surface area contributed by atoms with Crippen LogP contribution in [0.25, 0.3) is 0 Å². The lowest BCUT2D eigenvalue weighted by molar-refractivity contribution is -0.281. The molecule has 7 aliphatic carbocycles. The Kier molecular flexibility index (Phi) is 8.41. The van der Waals surface area contributed by atoms with E-state index < -0.39 is 16.4 Å². The van der Waals surface area contributed by atoms with Gasteiger partial charge in [0.2, 0.25) is 0 Å². The van der Waals surface area contributed by atoms with E-state index in [1.807, 2.05) is 0 Å². The van der Waals surface area contributed by atoms with E-state index in [9.17, 15) is 5.11 Å². The number of aryl methyl sites for hydroxylation is 1. The molecule has 7 bridgehead atoms. The van der Waals surface area contributed by atoms with E-state index in [2.05, 4.69) is 54.0 Å². The van der Waals surface area contributed by atoms with Crippen LogP contribution in [-0.2, 0) is 26.3 Å². The summed E-state index contributed by atoms with van der Waals surface area (Å²) in [5, 5.41) is 14.0. The first kappa shape index (κ1) is 40.5. The lowest BCUT2D eigenvalue weighted by Gasteiger charge is -2.73. The van der Waals surface area contributed by atoms with Crippen molar-refractivity contribution in [3.05, 3.63) is 81.0 Å². The standard InChI is InChI=1S/C58H73N3O5/c1-31-12-13-34-27-41-32(2)25-35-14-16-43-37-26-38-30-61(43)50(35)47(41)39-18-22-56-52(51(62)40-15-17-44(38)60(29-37)49(40)36-9-6-21-55(28-36)19-3-4-20-55)65-54(64)57(56,48(34)39)45(24-31)58(56)42-11-5-8-33(10-7-23-59)46(42)53(63)66-58/h5,8,11-13,31-32,34,36-38,40-41,43-45,47,49,62H,3-4,6-7,9-10,14-30,59H2,1-2H3. The summed E-state index contributed by atoms with van der Waals surface area (Å²) in [4.78, 5) is 37.4. The average Bonchev–Trinajstić information content (AvgIpc) is 3.98. The number of rotatable bonds is 4. The van der Waals surface area contributed by atoms with Crippen molar-refractivity contribution < 1.29 is 24.2 Å². The Hall–Kier alpha value is -3.36. The molecule has 8 heteroatoms. The molecule has 7 heterocycles.